The zero-order valence-corrected chi connectivity index (χ0v) is 14.1. The molecule has 0 radical (unpaired) electrons. The summed E-state index contributed by atoms with van der Waals surface area (Å²) in [6.07, 6.45) is 5.32. The number of fused-ring (bicyclic) bond motifs is 1. The van der Waals surface area contributed by atoms with Gasteiger partial charge in [0.2, 0.25) is 0 Å². The number of anilines is 1. The molecule has 0 bridgehead atoms. The summed E-state index contributed by atoms with van der Waals surface area (Å²) >= 11 is 0. The number of aromatic nitrogens is 7. The van der Waals surface area contributed by atoms with Crippen molar-refractivity contribution >= 4 is 17.0 Å². The van der Waals surface area contributed by atoms with Crippen molar-refractivity contribution in [1.29, 1.82) is 0 Å². The summed E-state index contributed by atoms with van der Waals surface area (Å²) in [5.74, 6) is 1.29. The fourth-order valence-corrected chi connectivity index (χ4v) is 3.18. The fraction of sp³-hybridized carbons (Fsp3) is 0.278. The van der Waals surface area contributed by atoms with Gasteiger partial charge in [-0.1, -0.05) is 29.8 Å². The standard InChI is InChI=1S/C18H18N8/c1-2-7-14(8-3-1)26-18-16(24-25-26)17(20-11-21-18)19-10-13-9-15(23-22-13)12-5-4-6-12/h1-3,7-9,11-12H,4-6,10H2,(H,22,23)(H,19,20,21). The molecule has 1 aromatic carbocycles. The number of rotatable bonds is 5. The Kier molecular flexibility index (Phi) is 3.59. The highest BCUT2D eigenvalue weighted by Crippen LogP contribution is 2.35. The molecule has 8 nitrogen and oxygen atoms in total. The molecule has 8 heteroatoms. The molecule has 1 fully saturated rings. The van der Waals surface area contributed by atoms with Crippen molar-refractivity contribution in [3.8, 4) is 5.69 Å². The summed E-state index contributed by atoms with van der Waals surface area (Å²) in [5.41, 5.74) is 4.44. The van der Waals surface area contributed by atoms with E-state index in [9.17, 15) is 0 Å². The fourth-order valence-electron chi connectivity index (χ4n) is 3.18. The van der Waals surface area contributed by atoms with Crippen LogP contribution >= 0.6 is 0 Å². The molecule has 1 aliphatic carbocycles. The van der Waals surface area contributed by atoms with Gasteiger partial charge in [0, 0.05) is 5.92 Å². The Morgan fingerprint density at radius 1 is 1.15 bits per heavy atom. The van der Waals surface area contributed by atoms with Crippen LogP contribution in [-0.2, 0) is 6.54 Å². The van der Waals surface area contributed by atoms with Gasteiger partial charge in [-0.15, -0.1) is 5.10 Å². The Hall–Kier alpha value is -3.29. The zero-order valence-electron chi connectivity index (χ0n) is 14.1. The third kappa shape index (κ3) is 2.59. The first kappa shape index (κ1) is 15.0. The van der Waals surface area contributed by atoms with Crippen LogP contribution in [-0.4, -0.2) is 35.2 Å². The SMILES string of the molecule is c1ccc(-n2nnc3c(NCc4cc(C5CCC5)n[nH]4)ncnc32)cc1. The van der Waals surface area contributed by atoms with Gasteiger partial charge >= 0.3 is 0 Å². The molecule has 130 valence electrons. The minimum atomic E-state index is 0.601. The molecule has 0 saturated heterocycles. The van der Waals surface area contributed by atoms with Gasteiger partial charge in [0.1, 0.15) is 6.33 Å². The summed E-state index contributed by atoms with van der Waals surface area (Å²) in [4.78, 5) is 8.67. The number of nitrogens with one attached hydrogen (secondary N) is 2. The molecule has 0 spiro atoms. The average Bonchev–Trinajstić information content (AvgIpc) is 3.26. The number of H-pyrrole nitrogens is 1. The normalized spacial score (nSPS) is 14.5. The maximum absolute atomic E-state index is 4.43. The lowest BCUT2D eigenvalue weighted by molar-refractivity contribution is 0.410. The van der Waals surface area contributed by atoms with Crippen LogP contribution in [0.2, 0.25) is 0 Å². The van der Waals surface area contributed by atoms with Gasteiger partial charge in [-0.2, -0.15) is 9.78 Å². The quantitative estimate of drug-likeness (QED) is 0.577. The molecule has 1 saturated carbocycles. The topological polar surface area (TPSA) is 97.2 Å². The van der Waals surface area contributed by atoms with E-state index >= 15 is 0 Å². The van der Waals surface area contributed by atoms with Gasteiger partial charge < -0.3 is 5.32 Å². The molecule has 1 aliphatic rings. The molecule has 2 N–H and O–H groups in total. The van der Waals surface area contributed by atoms with Crippen molar-refractivity contribution in [2.24, 2.45) is 0 Å². The van der Waals surface area contributed by atoms with Crippen molar-refractivity contribution in [3.63, 3.8) is 0 Å². The lowest BCUT2D eigenvalue weighted by Crippen LogP contribution is -2.08. The third-order valence-corrected chi connectivity index (χ3v) is 4.86. The van der Waals surface area contributed by atoms with Crippen LogP contribution in [0.25, 0.3) is 16.9 Å². The molecule has 3 aromatic heterocycles. The smallest absolute Gasteiger partial charge is 0.188 e. The Morgan fingerprint density at radius 2 is 2.04 bits per heavy atom. The number of aromatic amines is 1. The molecular weight excluding hydrogens is 328 g/mol. The van der Waals surface area contributed by atoms with E-state index in [1.54, 1.807) is 4.68 Å². The predicted molar refractivity (Wildman–Crippen MR) is 97.0 cm³/mol. The highest BCUT2D eigenvalue weighted by atomic mass is 15.4. The van der Waals surface area contributed by atoms with Crippen LogP contribution in [0.5, 0.6) is 0 Å². The summed E-state index contributed by atoms with van der Waals surface area (Å²) in [7, 11) is 0. The van der Waals surface area contributed by atoms with Gasteiger partial charge in [-0.05, 0) is 31.0 Å². The molecule has 4 aromatic rings. The van der Waals surface area contributed by atoms with E-state index < -0.39 is 0 Å². The number of nitrogens with zero attached hydrogens (tertiary/aromatic N) is 6. The molecule has 0 atom stereocenters. The first-order valence-corrected chi connectivity index (χ1v) is 8.78. The van der Waals surface area contributed by atoms with Crippen molar-refractivity contribution in [3.05, 3.63) is 54.1 Å². The monoisotopic (exact) mass is 346 g/mol. The maximum Gasteiger partial charge on any atom is 0.188 e. The predicted octanol–water partition coefficient (Wildman–Crippen LogP) is 2.81. The van der Waals surface area contributed by atoms with Gasteiger partial charge in [0.15, 0.2) is 17.0 Å². The van der Waals surface area contributed by atoms with Crippen LogP contribution in [0.1, 0.15) is 36.6 Å². The Labute approximate surface area is 149 Å². The van der Waals surface area contributed by atoms with Gasteiger partial charge in [-0.3, -0.25) is 5.10 Å². The number of para-hydroxylation sites is 1. The second-order valence-electron chi connectivity index (χ2n) is 6.53. The van der Waals surface area contributed by atoms with E-state index in [1.165, 1.54) is 25.6 Å². The Morgan fingerprint density at radius 3 is 2.85 bits per heavy atom. The summed E-state index contributed by atoms with van der Waals surface area (Å²) in [5, 5.41) is 19.3. The maximum atomic E-state index is 4.43. The molecule has 0 unspecified atom stereocenters. The Bertz CT molecular complexity index is 1030. The van der Waals surface area contributed by atoms with Crippen molar-refractivity contribution in [2.45, 2.75) is 31.7 Å². The largest absolute Gasteiger partial charge is 0.362 e. The highest BCUT2D eigenvalue weighted by molar-refractivity contribution is 5.82. The van der Waals surface area contributed by atoms with E-state index in [0.29, 0.717) is 29.4 Å². The van der Waals surface area contributed by atoms with E-state index in [2.05, 4.69) is 41.9 Å². The second kappa shape index (κ2) is 6.21. The molecule has 0 aliphatic heterocycles. The van der Waals surface area contributed by atoms with Crippen molar-refractivity contribution in [1.82, 2.24) is 35.2 Å². The van der Waals surface area contributed by atoms with Crippen molar-refractivity contribution < 1.29 is 0 Å². The average molecular weight is 346 g/mol. The molecular formula is C18H18N8. The van der Waals surface area contributed by atoms with Gasteiger partial charge in [0.25, 0.3) is 0 Å². The summed E-state index contributed by atoms with van der Waals surface area (Å²) in [6.45, 7) is 0.601. The van der Waals surface area contributed by atoms with Crippen molar-refractivity contribution in [2.75, 3.05) is 5.32 Å². The lowest BCUT2D eigenvalue weighted by atomic mass is 9.83. The molecule has 3 heterocycles. The minimum Gasteiger partial charge on any atom is -0.362 e. The van der Waals surface area contributed by atoms with Gasteiger partial charge in [-0.25, -0.2) is 9.97 Å². The second-order valence-corrected chi connectivity index (χ2v) is 6.53. The highest BCUT2D eigenvalue weighted by Gasteiger charge is 2.22. The van der Waals surface area contributed by atoms with E-state index in [4.69, 9.17) is 0 Å². The molecule has 5 rings (SSSR count). The van der Waals surface area contributed by atoms with E-state index in [1.807, 2.05) is 30.3 Å². The zero-order chi connectivity index (χ0) is 17.3. The van der Waals surface area contributed by atoms with E-state index in [0.717, 1.165) is 17.1 Å². The molecule has 26 heavy (non-hydrogen) atoms. The molecule has 0 amide bonds. The van der Waals surface area contributed by atoms with Crippen LogP contribution < -0.4 is 5.32 Å². The third-order valence-electron chi connectivity index (χ3n) is 4.86. The lowest BCUT2D eigenvalue weighted by Gasteiger charge is -2.22. The Balaban J connectivity index is 1.39. The summed E-state index contributed by atoms with van der Waals surface area (Å²) in [6, 6.07) is 12.0. The van der Waals surface area contributed by atoms with Gasteiger partial charge in [0.05, 0.1) is 23.6 Å². The minimum absolute atomic E-state index is 0.601. The summed E-state index contributed by atoms with van der Waals surface area (Å²) < 4.78 is 1.72. The van der Waals surface area contributed by atoms with Crippen LogP contribution in [0, 0.1) is 0 Å². The van der Waals surface area contributed by atoms with E-state index in [-0.39, 0.29) is 0 Å². The van der Waals surface area contributed by atoms with Crippen LogP contribution in [0.4, 0.5) is 5.82 Å². The van der Waals surface area contributed by atoms with Crippen LogP contribution in [0.15, 0.2) is 42.7 Å². The number of hydrogen-bond donors (Lipinski definition) is 2. The number of hydrogen-bond acceptors (Lipinski definition) is 6. The number of benzene rings is 1. The first-order chi connectivity index (χ1) is 12.9. The first-order valence-electron chi connectivity index (χ1n) is 8.78. The van der Waals surface area contributed by atoms with Crippen LogP contribution in [0.3, 0.4) is 0 Å².